The molecule has 0 aromatic heterocycles. The van der Waals surface area contributed by atoms with Crippen molar-refractivity contribution in [3.05, 3.63) is 29.8 Å². The fraction of sp³-hybridized carbons (Fsp3) is 0.333. The quantitative estimate of drug-likeness (QED) is 0.403. The number of hydrogen-bond donors (Lipinski definition) is 0. The van der Waals surface area contributed by atoms with Gasteiger partial charge in [-0.15, -0.1) is 6.42 Å². The molecule has 0 fully saturated rings. The molecule has 0 N–H and O–H groups in total. The molecule has 0 saturated heterocycles. The fourth-order valence-electron chi connectivity index (χ4n) is 0.989. The van der Waals surface area contributed by atoms with Crippen LogP contribution < -0.4 is 4.74 Å². The van der Waals surface area contributed by atoms with Gasteiger partial charge in [-0.3, -0.25) is 0 Å². The van der Waals surface area contributed by atoms with E-state index in [1.807, 2.05) is 24.3 Å². The van der Waals surface area contributed by atoms with Crippen LogP contribution in [0, 0.1) is 12.3 Å². The van der Waals surface area contributed by atoms with Crippen LogP contribution >= 0.6 is 0 Å². The lowest BCUT2D eigenvalue weighted by atomic mass is 10.2. The lowest BCUT2D eigenvalue weighted by Gasteiger charge is -2.06. The van der Waals surface area contributed by atoms with E-state index in [4.69, 9.17) is 15.9 Å². The van der Waals surface area contributed by atoms with Crippen LogP contribution in [0.5, 0.6) is 5.75 Å². The number of ether oxygens (including phenoxy) is 2. The first-order valence-corrected chi connectivity index (χ1v) is 4.64. The second kappa shape index (κ2) is 6.06. The topological polar surface area (TPSA) is 18.5 Å². The fourth-order valence-corrected chi connectivity index (χ4v) is 0.989. The summed E-state index contributed by atoms with van der Waals surface area (Å²) < 4.78 is 10.5. The van der Waals surface area contributed by atoms with Gasteiger partial charge in [0.05, 0.1) is 6.61 Å². The molecular weight excluding hydrogens is 176 g/mol. The predicted octanol–water partition coefficient (Wildman–Crippen LogP) is 2.43. The molecule has 0 amide bonds. The van der Waals surface area contributed by atoms with Gasteiger partial charge in [-0.25, -0.2) is 0 Å². The molecule has 0 aliphatic heterocycles. The van der Waals surface area contributed by atoms with Crippen molar-refractivity contribution in [3.8, 4) is 18.1 Å². The van der Waals surface area contributed by atoms with Crippen molar-refractivity contribution >= 4 is 0 Å². The molecule has 0 spiro atoms. The summed E-state index contributed by atoms with van der Waals surface area (Å²) in [7, 11) is 0. The highest BCUT2D eigenvalue weighted by Crippen LogP contribution is 2.12. The van der Waals surface area contributed by atoms with Gasteiger partial charge in [0, 0.05) is 5.56 Å². The Hall–Kier alpha value is -1.46. The van der Waals surface area contributed by atoms with Crippen LogP contribution in [0.3, 0.4) is 0 Å². The number of terminal acetylenes is 1. The second-order valence-electron chi connectivity index (χ2n) is 2.84. The van der Waals surface area contributed by atoms with Gasteiger partial charge in [0.2, 0.25) is 0 Å². The van der Waals surface area contributed by atoms with E-state index in [-0.39, 0.29) is 6.79 Å². The summed E-state index contributed by atoms with van der Waals surface area (Å²) in [5.41, 5.74) is 0.818. The molecule has 2 nitrogen and oxygen atoms in total. The van der Waals surface area contributed by atoms with E-state index in [1.165, 1.54) is 0 Å². The molecule has 14 heavy (non-hydrogen) atoms. The van der Waals surface area contributed by atoms with Crippen LogP contribution in [0.4, 0.5) is 0 Å². The van der Waals surface area contributed by atoms with Crippen LogP contribution in [0.25, 0.3) is 0 Å². The minimum atomic E-state index is 0.280. The highest BCUT2D eigenvalue weighted by molar-refractivity contribution is 5.38. The number of benzene rings is 1. The maximum atomic E-state index is 5.33. The summed E-state index contributed by atoms with van der Waals surface area (Å²) in [6, 6.07) is 7.40. The SMILES string of the molecule is C#Cc1cccc(OCOCCC)c1. The molecule has 0 saturated carbocycles. The van der Waals surface area contributed by atoms with Crippen molar-refractivity contribution < 1.29 is 9.47 Å². The molecule has 0 aliphatic rings. The Kier molecular flexibility index (Phi) is 4.60. The van der Waals surface area contributed by atoms with Gasteiger partial charge in [-0.1, -0.05) is 18.9 Å². The van der Waals surface area contributed by atoms with Gasteiger partial charge >= 0.3 is 0 Å². The third-order valence-corrected chi connectivity index (χ3v) is 1.66. The molecule has 1 aromatic rings. The molecular formula is C12H14O2. The summed E-state index contributed by atoms with van der Waals surface area (Å²) in [4.78, 5) is 0. The van der Waals surface area contributed by atoms with Crippen molar-refractivity contribution in [2.75, 3.05) is 13.4 Å². The first-order valence-electron chi connectivity index (χ1n) is 4.64. The van der Waals surface area contributed by atoms with E-state index in [0.717, 1.165) is 24.3 Å². The second-order valence-corrected chi connectivity index (χ2v) is 2.84. The smallest absolute Gasteiger partial charge is 0.189 e. The maximum Gasteiger partial charge on any atom is 0.189 e. The summed E-state index contributed by atoms with van der Waals surface area (Å²) >= 11 is 0. The first-order chi connectivity index (χ1) is 6.86. The standard InChI is InChI=1S/C12H14O2/c1-3-8-13-10-14-12-7-5-6-11(4-2)9-12/h2,5-7,9H,3,8,10H2,1H3. The summed E-state index contributed by atoms with van der Waals surface area (Å²) in [6.07, 6.45) is 6.25. The van der Waals surface area contributed by atoms with Crippen molar-refractivity contribution in [2.24, 2.45) is 0 Å². The van der Waals surface area contributed by atoms with E-state index in [9.17, 15) is 0 Å². The Balaban J connectivity index is 2.39. The predicted molar refractivity (Wildman–Crippen MR) is 56.1 cm³/mol. The van der Waals surface area contributed by atoms with Gasteiger partial charge in [-0.2, -0.15) is 0 Å². The van der Waals surface area contributed by atoms with Crippen LogP contribution in [0.1, 0.15) is 18.9 Å². The molecule has 74 valence electrons. The van der Waals surface area contributed by atoms with E-state index in [0.29, 0.717) is 0 Å². The van der Waals surface area contributed by atoms with E-state index in [2.05, 4.69) is 12.8 Å². The Morgan fingerprint density at radius 1 is 1.43 bits per heavy atom. The minimum absolute atomic E-state index is 0.280. The van der Waals surface area contributed by atoms with Crippen LogP contribution in [-0.4, -0.2) is 13.4 Å². The average Bonchev–Trinajstić information content (AvgIpc) is 2.25. The molecule has 0 heterocycles. The molecule has 0 radical (unpaired) electrons. The molecule has 0 unspecified atom stereocenters. The van der Waals surface area contributed by atoms with Crippen molar-refractivity contribution in [2.45, 2.75) is 13.3 Å². The maximum absolute atomic E-state index is 5.33. The van der Waals surface area contributed by atoms with Gasteiger partial charge in [0.25, 0.3) is 0 Å². The highest BCUT2D eigenvalue weighted by Gasteiger charge is 1.93. The minimum Gasteiger partial charge on any atom is -0.468 e. The van der Waals surface area contributed by atoms with Crippen molar-refractivity contribution in [3.63, 3.8) is 0 Å². The van der Waals surface area contributed by atoms with Gasteiger partial charge in [0.1, 0.15) is 5.75 Å². The van der Waals surface area contributed by atoms with Gasteiger partial charge in [-0.05, 0) is 24.6 Å². The third-order valence-electron chi connectivity index (χ3n) is 1.66. The van der Waals surface area contributed by atoms with Gasteiger partial charge in [0.15, 0.2) is 6.79 Å². The molecule has 1 aromatic carbocycles. The lowest BCUT2D eigenvalue weighted by molar-refractivity contribution is 0.0157. The Labute approximate surface area is 84.8 Å². The summed E-state index contributed by atoms with van der Waals surface area (Å²) in [5, 5.41) is 0. The molecule has 0 aliphatic carbocycles. The monoisotopic (exact) mass is 190 g/mol. The van der Waals surface area contributed by atoms with Crippen LogP contribution in [0.2, 0.25) is 0 Å². The first kappa shape index (κ1) is 10.6. The van der Waals surface area contributed by atoms with Crippen molar-refractivity contribution in [1.82, 2.24) is 0 Å². The Bertz CT molecular complexity index is 312. The molecule has 1 rings (SSSR count). The number of hydrogen-bond acceptors (Lipinski definition) is 2. The zero-order valence-corrected chi connectivity index (χ0v) is 8.32. The molecule has 2 heteroatoms. The summed E-state index contributed by atoms with van der Waals surface area (Å²) in [6.45, 7) is 3.05. The average molecular weight is 190 g/mol. The largest absolute Gasteiger partial charge is 0.468 e. The molecule has 0 bridgehead atoms. The third kappa shape index (κ3) is 3.51. The van der Waals surface area contributed by atoms with Crippen LogP contribution in [-0.2, 0) is 4.74 Å². The van der Waals surface area contributed by atoms with E-state index in [1.54, 1.807) is 0 Å². The highest BCUT2D eigenvalue weighted by atomic mass is 16.7. The Morgan fingerprint density at radius 3 is 3.00 bits per heavy atom. The number of rotatable bonds is 5. The van der Waals surface area contributed by atoms with E-state index < -0.39 is 0 Å². The lowest BCUT2D eigenvalue weighted by Crippen LogP contribution is -2.03. The van der Waals surface area contributed by atoms with Gasteiger partial charge < -0.3 is 9.47 Å². The summed E-state index contributed by atoms with van der Waals surface area (Å²) in [5.74, 6) is 3.29. The molecule has 0 atom stereocenters. The van der Waals surface area contributed by atoms with E-state index >= 15 is 0 Å². The van der Waals surface area contributed by atoms with Crippen molar-refractivity contribution in [1.29, 1.82) is 0 Å². The normalized spacial score (nSPS) is 9.43. The zero-order chi connectivity index (χ0) is 10.2. The Morgan fingerprint density at radius 2 is 2.29 bits per heavy atom. The zero-order valence-electron chi connectivity index (χ0n) is 8.32. The van der Waals surface area contributed by atoms with Crippen LogP contribution in [0.15, 0.2) is 24.3 Å².